The lowest BCUT2D eigenvalue weighted by Gasteiger charge is -2.31. The Morgan fingerprint density at radius 1 is 1.21 bits per heavy atom. The zero-order chi connectivity index (χ0) is 21.3. The van der Waals surface area contributed by atoms with Crippen LogP contribution >= 0.6 is 0 Å². The van der Waals surface area contributed by atoms with Gasteiger partial charge in [0.1, 0.15) is 5.76 Å². The summed E-state index contributed by atoms with van der Waals surface area (Å²) in [6.07, 6.45) is 1.80. The van der Waals surface area contributed by atoms with Gasteiger partial charge in [-0.1, -0.05) is 6.92 Å². The van der Waals surface area contributed by atoms with Gasteiger partial charge in [-0.2, -0.15) is 21.6 Å². The smallest absolute Gasteiger partial charge is 0.466 e. The molecule has 0 aromatic rings. The number of carbonyl (C=O) groups excluding carboxylic acids is 2. The fourth-order valence-corrected chi connectivity index (χ4v) is 4.04. The molecule has 2 rings (SSSR count). The minimum atomic E-state index is -5.87. The van der Waals surface area contributed by atoms with E-state index in [-0.39, 0.29) is 30.5 Å². The lowest BCUT2D eigenvalue weighted by molar-refractivity contribution is -0.139. The molecule has 0 aromatic heterocycles. The van der Waals surface area contributed by atoms with Crippen LogP contribution in [-0.4, -0.2) is 63.6 Å². The van der Waals surface area contributed by atoms with Gasteiger partial charge in [0.05, 0.1) is 30.9 Å². The number of hydrogen-bond donors (Lipinski definition) is 0. The van der Waals surface area contributed by atoms with E-state index in [1.807, 2.05) is 0 Å². The summed E-state index contributed by atoms with van der Waals surface area (Å²) in [6.45, 7) is 1.85. The summed E-state index contributed by atoms with van der Waals surface area (Å²) in [4.78, 5) is 26.2. The predicted molar refractivity (Wildman–Crippen MR) is 89.0 cm³/mol. The second kappa shape index (κ2) is 7.74. The average molecular weight is 427 g/mol. The zero-order valence-corrected chi connectivity index (χ0v) is 16.3. The van der Waals surface area contributed by atoms with Crippen LogP contribution < -0.4 is 0 Å². The first kappa shape index (κ1) is 22.2. The van der Waals surface area contributed by atoms with Crippen LogP contribution in [0.4, 0.5) is 13.2 Å². The highest BCUT2D eigenvalue weighted by Gasteiger charge is 2.54. The van der Waals surface area contributed by atoms with Crippen LogP contribution in [0.1, 0.15) is 26.2 Å². The van der Waals surface area contributed by atoms with Crippen molar-refractivity contribution in [1.82, 2.24) is 4.90 Å². The van der Waals surface area contributed by atoms with Gasteiger partial charge in [0.2, 0.25) is 0 Å². The number of esters is 2. The molecule has 2 aliphatic heterocycles. The van der Waals surface area contributed by atoms with Crippen molar-refractivity contribution in [3.05, 3.63) is 23.0 Å². The maximum atomic E-state index is 12.7. The standard InChI is InChI=1S/C16H20F3NO7S/c1-4-10(27-28(23,24)16(17,18)19)8-15-6-5-7-20(15)9-11(13(21)25-2)12(15)14(22)26-3/h8H,4-7,9H2,1-3H3/b10-8-. The normalized spacial score (nSPS) is 23.6. The van der Waals surface area contributed by atoms with Crippen LogP contribution in [0.25, 0.3) is 0 Å². The van der Waals surface area contributed by atoms with E-state index in [0.29, 0.717) is 13.0 Å². The maximum Gasteiger partial charge on any atom is 0.534 e. The Morgan fingerprint density at radius 3 is 2.32 bits per heavy atom. The molecule has 8 nitrogen and oxygen atoms in total. The Balaban J connectivity index is 2.60. The highest BCUT2D eigenvalue weighted by Crippen LogP contribution is 2.46. The van der Waals surface area contributed by atoms with Crippen LogP contribution in [0.5, 0.6) is 0 Å². The van der Waals surface area contributed by atoms with Crippen molar-refractivity contribution in [2.45, 2.75) is 37.2 Å². The number of nitrogens with zero attached hydrogens (tertiary/aromatic N) is 1. The van der Waals surface area contributed by atoms with E-state index >= 15 is 0 Å². The van der Waals surface area contributed by atoms with Crippen molar-refractivity contribution < 1.29 is 44.8 Å². The third kappa shape index (κ3) is 3.75. The molecule has 12 heteroatoms. The molecule has 28 heavy (non-hydrogen) atoms. The SMILES string of the molecule is CC/C(=C/C12CCCN1CC(C(=O)OC)=C2C(=O)OC)OS(=O)(=O)C(F)(F)F. The van der Waals surface area contributed by atoms with Crippen LogP contribution in [-0.2, 0) is 33.4 Å². The van der Waals surface area contributed by atoms with Gasteiger partial charge in [-0.3, -0.25) is 4.90 Å². The van der Waals surface area contributed by atoms with Crippen molar-refractivity contribution in [3.63, 3.8) is 0 Å². The number of hydrogen-bond acceptors (Lipinski definition) is 8. The summed E-state index contributed by atoms with van der Waals surface area (Å²) in [7, 11) is -3.64. The Hall–Kier alpha value is -2.08. The topological polar surface area (TPSA) is 99.2 Å². The number of halogens is 3. The predicted octanol–water partition coefficient (Wildman–Crippen LogP) is 1.64. The molecule has 1 atom stereocenters. The molecule has 2 aliphatic rings. The van der Waals surface area contributed by atoms with Gasteiger partial charge in [-0.15, -0.1) is 0 Å². The average Bonchev–Trinajstić information content (AvgIpc) is 3.13. The third-order valence-corrected chi connectivity index (χ3v) is 5.70. The molecule has 0 N–H and O–H groups in total. The molecule has 0 saturated carbocycles. The quantitative estimate of drug-likeness (QED) is 0.273. The molecule has 0 bridgehead atoms. The van der Waals surface area contributed by atoms with Crippen LogP contribution in [0.15, 0.2) is 23.0 Å². The van der Waals surface area contributed by atoms with E-state index in [1.54, 1.807) is 4.90 Å². The summed E-state index contributed by atoms with van der Waals surface area (Å²) in [5, 5.41) is 0. The van der Waals surface area contributed by atoms with Crippen LogP contribution in [0.3, 0.4) is 0 Å². The minimum absolute atomic E-state index is 0.0105. The fourth-order valence-electron chi connectivity index (χ4n) is 3.50. The lowest BCUT2D eigenvalue weighted by atomic mass is 9.86. The summed E-state index contributed by atoms with van der Waals surface area (Å²) in [5.41, 5.74) is -6.98. The first-order valence-electron chi connectivity index (χ1n) is 8.31. The lowest BCUT2D eigenvalue weighted by Crippen LogP contribution is -2.42. The summed E-state index contributed by atoms with van der Waals surface area (Å²) in [6, 6.07) is 0. The number of carbonyl (C=O) groups is 2. The van der Waals surface area contributed by atoms with Crippen molar-refractivity contribution in [3.8, 4) is 0 Å². The summed E-state index contributed by atoms with van der Waals surface area (Å²) in [5.74, 6) is -2.11. The van der Waals surface area contributed by atoms with Gasteiger partial charge >= 0.3 is 27.6 Å². The highest BCUT2D eigenvalue weighted by atomic mass is 32.2. The van der Waals surface area contributed by atoms with Crippen LogP contribution in [0, 0.1) is 0 Å². The fraction of sp³-hybridized carbons (Fsp3) is 0.625. The van der Waals surface area contributed by atoms with Gasteiger partial charge in [-0.05, 0) is 25.5 Å². The molecule has 0 aromatic carbocycles. The van der Waals surface area contributed by atoms with Crippen molar-refractivity contribution in [2.75, 3.05) is 27.3 Å². The van der Waals surface area contributed by atoms with E-state index in [0.717, 1.165) is 20.3 Å². The number of allylic oxidation sites excluding steroid dienone is 1. The van der Waals surface area contributed by atoms with Crippen molar-refractivity contribution in [2.24, 2.45) is 0 Å². The minimum Gasteiger partial charge on any atom is -0.466 e. The van der Waals surface area contributed by atoms with E-state index in [9.17, 15) is 31.2 Å². The molecule has 0 amide bonds. The molecule has 1 saturated heterocycles. The molecule has 0 aliphatic carbocycles. The molecule has 2 heterocycles. The number of ether oxygens (including phenoxy) is 2. The van der Waals surface area contributed by atoms with Gasteiger partial charge < -0.3 is 13.7 Å². The van der Waals surface area contributed by atoms with Crippen molar-refractivity contribution in [1.29, 1.82) is 0 Å². The molecule has 158 valence electrons. The van der Waals surface area contributed by atoms with E-state index < -0.39 is 38.9 Å². The Kier molecular flexibility index (Phi) is 6.14. The third-order valence-electron chi connectivity index (χ3n) is 4.70. The molecule has 0 spiro atoms. The number of rotatable bonds is 6. The first-order chi connectivity index (χ1) is 12.9. The van der Waals surface area contributed by atoms with Gasteiger partial charge in [0, 0.05) is 13.0 Å². The number of fused-ring (bicyclic) bond motifs is 1. The summed E-state index contributed by atoms with van der Waals surface area (Å²) >= 11 is 0. The van der Waals surface area contributed by atoms with E-state index in [1.165, 1.54) is 6.92 Å². The monoisotopic (exact) mass is 427 g/mol. The number of alkyl halides is 3. The summed E-state index contributed by atoms with van der Waals surface area (Å²) < 4.78 is 74.6. The Bertz CT molecular complexity index is 832. The second-order valence-corrected chi connectivity index (χ2v) is 7.77. The van der Waals surface area contributed by atoms with Gasteiger partial charge in [0.25, 0.3) is 0 Å². The molecular weight excluding hydrogens is 407 g/mol. The largest absolute Gasteiger partial charge is 0.534 e. The highest BCUT2D eigenvalue weighted by molar-refractivity contribution is 7.87. The van der Waals surface area contributed by atoms with Crippen LogP contribution in [0.2, 0.25) is 0 Å². The van der Waals surface area contributed by atoms with E-state index in [4.69, 9.17) is 9.47 Å². The molecule has 1 unspecified atom stereocenters. The molecule has 1 fully saturated rings. The first-order valence-corrected chi connectivity index (χ1v) is 9.72. The zero-order valence-electron chi connectivity index (χ0n) is 15.5. The molecular formula is C16H20F3NO7S. The molecule has 0 radical (unpaired) electrons. The van der Waals surface area contributed by atoms with Crippen molar-refractivity contribution >= 4 is 22.1 Å². The Labute approximate surface area is 160 Å². The van der Waals surface area contributed by atoms with Gasteiger partial charge in [0.15, 0.2) is 0 Å². The number of methoxy groups -OCH3 is 2. The van der Waals surface area contributed by atoms with E-state index in [2.05, 4.69) is 4.18 Å². The maximum absolute atomic E-state index is 12.7. The Morgan fingerprint density at radius 2 is 1.82 bits per heavy atom. The second-order valence-electron chi connectivity index (χ2n) is 6.23. The van der Waals surface area contributed by atoms with Gasteiger partial charge in [-0.25, -0.2) is 9.59 Å².